The summed E-state index contributed by atoms with van der Waals surface area (Å²) in [7, 11) is 0. The first-order valence-electron chi connectivity index (χ1n) is 7.88. The molecule has 1 heterocycles. The lowest BCUT2D eigenvalue weighted by molar-refractivity contribution is 0.345. The lowest BCUT2D eigenvalue weighted by atomic mass is 9.88. The molecule has 2 aliphatic rings. The lowest BCUT2D eigenvalue weighted by Gasteiger charge is -2.21. The quantitative estimate of drug-likeness (QED) is 0.590. The van der Waals surface area contributed by atoms with Crippen LogP contribution in [-0.4, -0.2) is 27.1 Å². The van der Waals surface area contributed by atoms with Crippen molar-refractivity contribution in [3.8, 4) is 0 Å². The van der Waals surface area contributed by atoms with E-state index in [0.29, 0.717) is 12.0 Å². The van der Waals surface area contributed by atoms with E-state index in [0.717, 1.165) is 17.5 Å². The Balaban J connectivity index is 1.55. The van der Waals surface area contributed by atoms with Crippen LogP contribution in [0.3, 0.4) is 0 Å². The average Bonchev–Trinajstić information content (AvgIpc) is 3.33. The minimum atomic E-state index is 0.268. The van der Waals surface area contributed by atoms with Crippen LogP contribution < -0.4 is 5.73 Å². The van der Waals surface area contributed by atoms with Crippen molar-refractivity contribution in [2.45, 2.75) is 69.5 Å². The van der Waals surface area contributed by atoms with Crippen molar-refractivity contribution in [2.24, 2.45) is 11.1 Å². The number of nitrogens with zero attached hydrogens (tertiary/aromatic N) is 3. The van der Waals surface area contributed by atoms with E-state index < -0.39 is 0 Å². The number of thioether (sulfide) groups is 1. The molecule has 2 N–H and O–H groups in total. The monoisotopic (exact) mass is 294 g/mol. The van der Waals surface area contributed by atoms with Gasteiger partial charge in [0.25, 0.3) is 0 Å². The van der Waals surface area contributed by atoms with Crippen molar-refractivity contribution in [3.05, 3.63) is 5.82 Å². The van der Waals surface area contributed by atoms with Crippen molar-refractivity contribution in [2.75, 3.05) is 12.3 Å². The Labute approximate surface area is 125 Å². The molecule has 0 unspecified atom stereocenters. The van der Waals surface area contributed by atoms with Crippen molar-refractivity contribution in [1.82, 2.24) is 14.8 Å². The molecular weight excluding hydrogens is 268 g/mol. The van der Waals surface area contributed by atoms with Crippen molar-refractivity contribution >= 4 is 11.8 Å². The second-order valence-corrected chi connectivity index (χ2v) is 8.10. The Bertz CT molecular complexity index is 460. The van der Waals surface area contributed by atoms with E-state index >= 15 is 0 Å². The van der Waals surface area contributed by atoms with Crippen LogP contribution in [0, 0.1) is 5.41 Å². The highest BCUT2D eigenvalue weighted by molar-refractivity contribution is 7.99. The Morgan fingerprint density at radius 3 is 2.60 bits per heavy atom. The molecular formula is C15H26N4S. The van der Waals surface area contributed by atoms with E-state index in [1.54, 1.807) is 0 Å². The number of nitrogens with two attached hydrogens (primary N) is 1. The minimum absolute atomic E-state index is 0.268. The SMILES string of the molecule is CC(C)(CN)CCCSc1nnc(C2CC2)n1C1CC1. The molecule has 3 rings (SSSR count). The molecule has 0 atom stereocenters. The molecule has 0 radical (unpaired) electrons. The highest BCUT2D eigenvalue weighted by atomic mass is 32.2. The summed E-state index contributed by atoms with van der Waals surface area (Å²) in [5.41, 5.74) is 6.05. The van der Waals surface area contributed by atoms with E-state index in [9.17, 15) is 0 Å². The Kier molecular flexibility index (Phi) is 4.09. The molecule has 2 aliphatic carbocycles. The summed E-state index contributed by atoms with van der Waals surface area (Å²) in [6.07, 6.45) is 7.62. The number of hydrogen-bond donors (Lipinski definition) is 1. The molecule has 0 spiro atoms. The normalized spacial score (nSPS) is 19.6. The van der Waals surface area contributed by atoms with Gasteiger partial charge in [0.1, 0.15) is 5.82 Å². The third-order valence-electron chi connectivity index (χ3n) is 4.33. The fourth-order valence-corrected chi connectivity index (χ4v) is 3.45. The highest BCUT2D eigenvalue weighted by Crippen LogP contribution is 2.46. The van der Waals surface area contributed by atoms with Crippen LogP contribution in [0.2, 0.25) is 0 Å². The molecule has 5 heteroatoms. The first-order valence-corrected chi connectivity index (χ1v) is 8.87. The largest absolute Gasteiger partial charge is 0.330 e. The molecule has 2 saturated carbocycles. The van der Waals surface area contributed by atoms with E-state index in [2.05, 4.69) is 28.6 Å². The number of hydrogen-bond acceptors (Lipinski definition) is 4. The molecule has 2 fully saturated rings. The molecule has 0 amide bonds. The topological polar surface area (TPSA) is 56.7 Å². The van der Waals surface area contributed by atoms with Gasteiger partial charge in [0.05, 0.1) is 0 Å². The van der Waals surface area contributed by atoms with Crippen LogP contribution in [0.25, 0.3) is 0 Å². The van der Waals surface area contributed by atoms with E-state index in [4.69, 9.17) is 5.73 Å². The standard InChI is InChI=1S/C15H26N4S/c1-15(2,10-16)8-3-9-20-14-18-17-13(11-4-5-11)19(14)12-6-7-12/h11-12H,3-10,16H2,1-2H3. The minimum Gasteiger partial charge on any atom is -0.330 e. The third-order valence-corrected chi connectivity index (χ3v) is 5.36. The zero-order valence-corrected chi connectivity index (χ0v) is 13.5. The second kappa shape index (κ2) is 5.68. The van der Waals surface area contributed by atoms with Gasteiger partial charge in [0.2, 0.25) is 0 Å². The van der Waals surface area contributed by atoms with Gasteiger partial charge in [0.15, 0.2) is 5.16 Å². The van der Waals surface area contributed by atoms with Crippen LogP contribution >= 0.6 is 11.8 Å². The molecule has 1 aromatic rings. The number of rotatable bonds is 8. The molecule has 20 heavy (non-hydrogen) atoms. The van der Waals surface area contributed by atoms with Crippen molar-refractivity contribution in [1.29, 1.82) is 0 Å². The van der Waals surface area contributed by atoms with Crippen molar-refractivity contribution < 1.29 is 0 Å². The average molecular weight is 294 g/mol. The van der Waals surface area contributed by atoms with Gasteiger partial charge in [-0.15, -0.1) is 10.2 Å². The van der Waals surface area contributed by atoms with Gasteiger partial charge in [0, 0.05) is 17.7 Å². The maximum atomic E-state index is 5.78. The summed E-state index contributed by atoms with van der Waals surface area (Å²) in [6, 6.07) is 0.698. The maximum absolute atomic E-state index is 5.78. The predicted molar refractivity (Wildman–Crippen MR) is 83.1 cm³/mol. The molecule has 0 bridgehead atoms. The van der Waals surface area contributed by atoms with Crippen LogP contribution in [0.5, 0.6) is 0 Å². The number of aromatic nitrogens is 3. The van der Waals surface area contributed by atoms with Crippen molar-refractivity contribution in [3.63, 3.8) is 0 Å². The zero-order valence-electron chi connectivity index (χ0n) is 12.6. The molecule has 0 aliphatic heterocycles. The summed E-state index contributed by atoms with van der Waals surface area (Å²) in [6.45, 7) is 5.26. The smallest absolute Gasteiger partial charge is 0.191 e. The molecule has 4 nitrogen and oxygen atoms in total. The Hall–Kier alpha value is -0.550. The highest BCUT2D eigenvalue weighted by Gasteiger charge is 2.36. The summed E-state index contributed by atoms with van der Waals surface area (Å²) in [5.74, 6) is 3.09. The molecule has 1 aromatic heterocycles. The van der Waals surface area contributed by atoms with Gasteiger partial charge in [-0.25, -0.2) is 0 Å². The fourth-order valence-electron chi connectivity index (χ4n) is 2.50. The second-order valence-electron chi connectivity index (χ2n) is 7.04. The van der Waals surface area contributed by atoms with Gasteiger partial charge in [-0.1, -0.05) is 25.6 Å². The summed E-state index contributed by atoms with van der Waals surface area (Å²) < 4.78 is 2.44. The lowest BCUT2D eigenvalue weighted by Crippen LogP contribution is -2.23. The van der Waals surface area contributed by atoms with E-state index in [1.165, 1.54) is 44.3 Å². The van der Waals surface area contributed by atoms with Crippen LogP contribution in [0.15, 0.2) is 5.16 Å². The van der Waals surface area contributed by atoms with Gasteiger partial charge in [-0.2, -0.15) is 0 Å². The Morgan fingerprint density at radius 2 is 2.00 bits per heavy atom. The van der Waals surface area contributed by atoms with Gasteiger partial charge < -0.3 is 10.3 Å². The fraction of sp³-hybridized carbons (Fsp3) is 0.867. The van der Waals surface area contributed by atoms with Crippen LogP contribution in [-0.2, 0) is 0 Å². The molecule has 0 saturated heterocycles. The van der Waals surface area contributed by atoms with Gasteiger partial charge >= 0.3 is 0 Å². The van der Waals surface area contributed by atoms with E-state index in [1.807, 2.05) is 11.8 Å². The third kappa shape index (κ3) is 3.37. The zero-order chi connectivity index (χ0) is 14.2. The van der Waals surface area contributed by atoms with Crippen LogP contribution in [0.1, 0.15) is 70.2 Å². The van der Waals surface area contributed by atoms with Gasteiger partial charge in [-0.3, -0.25) is 0 Å². The summed E-state index contributed by atoms with van der Waals surface area (Å²) in [4.78, 5) is 0. The summed E-state index contributed by atoms with van der Waals surface area (Å²) in [5, 5.41) is 10.1. The van der Waals surface area contributed by atoms with Gasteiger partial charge in [-0.05, 0) is 50.5 Å². The first kappa shape index (κ1) is 14.4. The first-order chi connectivity index (χ1) is 9.61. The summed E-state index contributed by atoms with van der Waals surface area (Å²) >= 11 is 1.88. The van der Waals surface area contributed by atoms with Crippen LogP contribution in [0.4, 0.5) is 0 Å². The van der Waals surface area contributed by atoms with E-state index in [-0.39, 0.29) is 5.41 Å². The maximum Gasteiger partial charge on any atom is 0.191 e. The molecule has 0 aromatic carbocycles. The Morgan fingerprint density at radius 1 is 1.25 bits per heavy atom. The molecule has 112 valence electrons. The predicted octanol–water partition coefficient (Wildman–Crippen LogP) is 3.35.